The highest BCUT2D eigenvalue weighted by Crippen LogP contribution is 2.37. The number of nitrogens with zero attached hydrogens (tertiary/aromatic N) is 4. The molecule has 0 radical (unpaired) electrons. The molecule has 1 saturated heterocycles. The van der Waals surface area contributed by atoms with Crippen LogP contribution >= 0.6 is 0 Å². The van der Waals surface area contributed by atoms with Gasteiger partial charge in [-0.2, -0.15) is 4.31 Å². The molecule has 5 rings (SSSR count). The normalized spacial score (nSPS) is 17.7. The number of pyridine rings is 1. The third-order valence-electron chi connectivity index (χ3n) is 5.16. The molecule has 8 heteroatoms. The lowest BCUT2D eigenvalue weighted by Crippen LogP contribution is -2.30. The van der Waals surface area contributed by atoms with E-state index in [1.807, 2.05) is 30.3 Å². The largest absolute Gasteiger partial charge is 0.417 e. The van der Waals surface area contributed by atoms with Crippen LogP contribution < -0.4 is 0 Å². The lowest BCUT2D eigenvalue weighted by molar-refractivity contribution is 0.332. The van der Waals surface area contributed by atoms with E-state index >= 15 is 0 Å². The minimum atomic E-state index is -3.64. The highest BCUT2D eigenvalue weighted by Gasteiger charge is 2.39. The molecule has 7 nitrogen and oxygen atoms in total. The molecule has 0 aliphatic carbocycles. The Morgan fingerprint density at radius 2 is 1.76 bits per heavy atom. The van der Waals surface area contributed by atoms with Crippen molar-refractivity contribution in [1.29, 1.82) is 0 Å². The Morgan fingerprint density at radius 1 is 0.966 bits per heavy atom. The molecule has 1 aliphatic heterocycles. The van der Waals surface area contributed by atoms with Gasteiger partial charge < -0.3 is 4.42 Å². The van der Waals surface area contributed by atoms with Crippen molar-refractivity contribution in [3.8, 4) is 11.6 Å². The number of sulfonamides is 1. The van der Waals surface area contributed by atoms with Crippen molar-refractivity contribution in [3.05, 3.63) is 72.8 Å². The van der Waals surface area contributed by atoms with Gasteiger partial charge in [0.25, 0.3) is 5.89 Å². The van der Waals surface area contributed by atoms with E-state index < -0.39 is 16.1 Å². The molecule has 1 aliphatic rings. The summed E-state index contributed by atoms with van der Waals surface area (Å²) >= 11 is 0. The number of hydrogen-bond acceptors (Lipinski definition) is 6. The smallest absolute Gasteiger partial charge is 0.266 e. The molecule has 1 atom stereocenters. The van der Waals surface area contributed by atoms with Gasteiger partial charge in [0, 0.05) is 18.1 Å². The Labute approximate surface area is 168 Å². The zero-order chi connectivity index (χ0) is 19.8. The standard InChI is InChI=1S/C21H18N4O3S/c26-29(27,16-8-2-1-3-9-16)25-14-6-11-18(25)20-23-24-21(28-20)19-17-10-5-4-7-15(17)12-13-22-19/h1-5,7-10,12-13,18H,6,11,14H2/t18-/m0/s1. The third-order valence-corrected chi connectivity index (χ3v) is 7.08. The van der Waals surface area contributed by atoms with Gasteiger partial charge in [-0.25, -0.2) is 8.42 Å². The second-order valence-corrected chi connectivity index (χ2v) is 8.80. The Bertz CT molecular complexity index is 1270. The van der Waals surface area contributed by atoms with Crippen LogP contribution in [-0.2, 0) is 10.0 Å². The van der Waals surface area contributed by atoms with Crippen molar-refractivity contribution in [2.45, 2.75) is 23.8 Å². The van der Waals surface area contributed by atoms with Gasteiger partial charge in [-0.15, -0.1) is 10.2 Å². The fourth-order valence-electron chi connectivity index (χ4n) is 3.76. The highest BCUT2D eigenvalue weighted by atomic mass is 32.2. The monoisotopic (exact) mass is 406 g/mol. The Kier molecular flexibility index (Phi) is 4.37. The van der Waals surface area contributed by atoms with E-state index in [2.05, 4.69) is 15.2 Å². The molecule has 0 unspecified atom stereocenters. The van der Waals surface area contributed by atoms with E-state index in [4.69, 9.17) is 4.42 Å². The fourth-order valence-corrected chi connectivity index (χ4v) is 5.43. The van der Waals surface area contributed by atoms with Gasteiger partial charge >= 0.3 is 0 Å². The molecule has 3 heterocycles. The Hall–Kier alpha value is -3.10. The summed E-state index contributed by atoms with van der Waals surface area (Å²) in [5, 5.41) is 10.3. The maximum Gasteiger partial charge on any atom is 0.266 e. The minimum Gasteiger partial charge on any atom is -0.417 e. The molecule has 0 N–H and O–H groups in total. The first-order chi connectivity index (χ1) is 14.1. The topological polar surface area (TPSA) is 89.2 Å². The summed E-state index contributed by atoms with van der Waals surface area (Å²) in [6, 6.07) is 17.7. The van der Waals surface area contributed by atoms with Crippen molar-refractivity contribution in [3.63, 3.8) is 0 Å². The number of hydrogen-bond donors (Lipinski definition) is 0. The summed E-state index contributed by atoms with van der Waals surface area (Å²) < 4.78 is 33.6. The van der Waals surface area contributed by atoms with Gasteiger partial charge in [-0.05, 0) is 36.4 Å². The second kappa shape index (κ2) is 7.06. The van der Waals surface area contributed by atoms with E-state index in [1.165, 1.54) is 4.31 Å². The summed E-state index contributed by atoms with van der Waals surface area (Å²) in [4.78, 5) is 4.67. The second-order valence-electron chi connectivity index (χ2n) is 6.91. The molecule has 0 saturated carbocycles. The quantitative estimate of drug-likeness (QED) is 0.512. The third kappa shape index (κ3) is 3.10. The van der Waals surface area contributed by atoms with Gasteiger partial charge in [0.05, 0.1) is 4.90 Å². The molecule has 2 aromatic heterocycles. The van der Waals surface area contributed by atoms with E-state index in [1.54, 1.807) is 36.5 Å². The van der Waals surface area contributed by atoms with Crippen LogP contribution in [-0.4, -0.2) is 34.4 Å². The van der Waals surface area contributed by atoms with Crippen LogP contribution in [0.25, 0.3) is 22.4 Å². The molecule has 0 amide bonds. The number of fused-ring (bicyclic) bond motifs is 1. The van der Waals surface area contributed by atoms with Gasteiger partial charge in [0.15, 0.2) is 0 Å². The lowest BCUT2D eigenvalue weighted by atomic mass is 10.1. The zero-order valence-corrected chi connectivity index (χ0v) is 16.3. The van der Waals surface area contributed by atoms with Crippen LogP contribution in [0.15, 0.2) is 76.2 Å². The molecule has 4 aromatic rings. The van der Waals surface area contributed by atoms with Crippen molar-refractivity contribution >= 4 is 20.8 Å². The molecule has 0 bridgehead atoms. The molecule has 29 heavy (non-hydrogen) atoms. The van der Waals surface area contributed by atoms with Gasteiger partial charge in [-0.1, -0.05) is 42.5 Å². The van der Waals surface area contributed by atoms with Crippen LogP contribution in [0.1, 0.15) is 24.8 Å². The first-order valence-corrected chi connectivity index (χ1v) is 10.8. The van der Waals surface area contributed by atoms with Crippen LogP contribution in [0, 0.1) is 0 Å². The average Bonchev–Trinajstić information content (AvgIpc) is 3.44. The predicted molar refractivity (Wildman–Crippen MR) is 107 cm³/mol. The SMILES string of the molecule is O=S(=O)(c1ccccc1)N1CCC[C@H]1c1nnc(-c2nccc3ccccc23)o1. The number of aromatic nitrogens is 3. The minimum absolute atomic E-state index is 0.266. The maximum atomic E-state index is 13.1. The van der Waals surface area contributed by atoms with Crippen molar-refractivity contribution in [2.24, 2.45) is 0 Å². The fraction of sp³-hybridized carbons (Fsp3) is 0.190. The van der Waals surface area contributed by atoms with Crippen molar-refractivity contribution in [1.82, 2.24) is 19.5 Å². The van der Waals surface area contributed by atoms with E-state index in [-0.39, 0.29) is 4.90 Å². The van der Waals surface area contributed by atoms with Crippen LogP contribution in [0.4, 0.5) is 0 Å². The molecular formula is C21H18N4O3S. The van der Waals surface area contributed by atoms with E-state index in [9.17, 15) is 8.42 Å². The Morgan fingerprint density at radius 3 is 2.62 bits per heavy atom. The van der Waals surface area contributed by atoms with E-state index in [0.29, 0.717) is 30.4 Å². The lowest BCUT2D eigenvalue weighted by Gasteiger charge is -2.21. The maximum absolute atomic E-state index is 13.1. The van der Waals surface area contributed by atoms with Gasteiger partial charge in [0.1, 0.15) is 11.7 Å². The van der Waals surface area contributed by atoms with Crippen LogP contribution in [0.2, 0.25) is 0 Å². The summed E-state index contributed by atoms with van der Waals surface area (Å²) in [7, 11) is -3.64. The molecular weight excluding hydrogens is 388 g/mol. The van der Waals surface area contributed by atoms with E-state index in [0.717, 1.165) is 17.2 Å². The molecule has 1 fully saturated rings. The predicted octanol–water partition coefficient (Wildman–Crippen LogP) is 3.81. The summed E-state index contributed by atoms with van der Waals surface area (Å²) in [5.74, 6) is 0.590. The van der Waals surface area contributed by atoms with Crippen molar-refractivity contribution in [2.75, 3.05) is 6.54 Å². The summed E-state index contributed by atoms with van der Waals surface area (Å²) in [5.41, 5.74) is 0.595. The number of benzene rings is 2. The first-order valence-electron chi connectivity index (χ1n) is 9.39. The van der Waals surface area contributed by atoms with Crippen LogP contribution in [0.5, 0.6) is 0 Å². The zero-order valence-electron chi connectivity index (χ0n) is 15.5. The Balaban J connectivity index is 1.52. The highest BCUT2D eigenvalue weighted by molar-refractivity contribution is 7.89. The van der Waals surface area contributed by atoms with Crippen LogP contribution in [0.3, 0.4) is 0 Å². The molecule has 146 valence electrons. The first kappa shape index (κ1) is 18.0. The summed E-state index contributed by atoms with van der Waals surface area (Å²) in [6.45, 7) is 0.423. The summed E-state index contributed by atoms with van der Waals surface area (Å²) in [6.07, 6.45) is 3.07. The van der Waals surface area contributed by atoms with Gasteiger partial charge in [-0.3, -0.25) is 4.98 Å². The number of rotatable bonds is 4. The molecule has 2 aromatic carbocycles. The average molecular weight is 406 g/mol. The molecule has 0 spiro atoms. The van der Waals surface area contributed by atoms with Crippen molar-refractivity contribution < 1.29 is 12.8 Å². The van der Waals surface area contributed by atoms with Gasteiger partial charge in [0.2, 0.25) is 15.9 Å².